The van der Waals surface area contributed by atoms with Crippen LogP contribution in [-0.4, -0.2) is 36.6 Å². The van der Waals surface area contributed by atoms with E-state index in [0.717, 1.165) is 37.1 Å². The number of urea groups is 2. The fourth-order valence-electron chi connectivity index (χ4n) is 2.60. The fourth-order valence-corrected chi connectivity index (χ4v) is 2.60. The molecule has 0 aliphatic carbocycles. The average Bonchev–Trinajstić information content (AvgIpc) is 3.11. The number of hydrogen-bond acceptors (Lipinski definition) is 2. The lowest BCUT2D eigenvalue weighted by molar-refractivity contribution is 0.208. The molecular formula is C18H28N4O2. The monoisotopic (exact) mass is 332 g/mol. The van der Waals surface area contributed by atoms with Crippen molar-refractivity contribution < 1.29 is 9.59 Å². The lowest BCUT2D eigenvalue weighted by Gasteiger charge is -2.16. The first-order valence-electron chi connectivity index (χ1n) is 8.67. The third kappa shape index (κ3) is 6.10. The van der Waals surface area contributed by atoms with Gasteiger partial charge in [0, 0.05) is 32.7 Å². The molecule has 1 fully saturated rings. The minimum atomic E-state index is -0.156. The van der Waals surface area contributed by atoms with Crippen LogP contribution in [0.25, 0.3) is 0 Å². The van der Waals surface area contributed by atoms with Gasteiger partial charge in [0.25, 0.3) is 0 Å². The first-order valence-corrected chi connectivity index (χ1v) is 8.67. The van der Waals surface area contributed by atoms with E-state index in [2.05, 4.69) is 29.8 Å². The van der Waals surface area contributed by atoms with Crippen LogP contribution >= 0.6 is 0 Å². The van der Waals surface area contributed by atoms with E-state index in [1.807, 2.05) is 29.2 Å². The topological polar surface area (TPSA) is 73.5 Å². The molecule has 0 unspecified atom stereocenters. The molecule has 1 saturated heterocycles. The van der Waals surface area contributed by atoms with E-state index in [4.69, 9.17) is 0 Å². The second kappa shape index (κ2) is 9.15. The van der Waals surface area contributed by atoms with Crippen molar-refractivity contribution in [3.63, 3.8) is 0 Å². The quantitative estimate of drug-likeness (QED) is 0.748. The van der Waals surface area contributed by atoms with Crippen molar-refractivity contribution in [2.75, 3.05) is 19.6 Å². The molecule has 1 aromatic rings. The van der Waals surface area contributed by atoms with Gasteiger partial charge in [-0.1, -0.05) is 38.1 Å². The summed E-state index contributed by atoms with van der Waals surface area (Å²) in [4.78, 5) is 25.5. The van der Waals surface area contributed by atoms with Crippen LogP contribution in [0.5, 0.6) is 0 Å². The average molecular weight is 332 g/mol. The molecule has 4 amide bonds. The van der Waals surface area contributed by atoms with Crippen LogP contribution < -0.4 is 16.0 Å². The molecule has 0 bridgehead atoms. The number of carbonyl (C=O) groups is 2. The Hall–Kier alpha value is -2.24. The first-order chi connectivity index (χ1) is 11.5. The second-order valence-corrected chi connectivity index (χ2v) is 6.63. The molecule has 0 radical (unpaired) electrons. The minimum absolute atomic E-state index is 0.00379. The Morgan fingerprint density at radius 1 is 1.04 bits per heavy atom. The van der Waals surface area contributed by atoms with Crippen LogP contribution in [0, 0.1) is 5.92 Å². The molecule has 2 rings (SSSR count). The van der Waals surface area contributed by atoms with Crippen LogP contribution in [0.1, 0.15) is 37.8 Å². The molecule has 1 aromatic carbocycles. The summed E-state index contributed by atoms with van der Waals surface area (Å²) >= 11 is 0. The Morgan fingerprint density at radius 3 is 2.29 bits per heavy atom. The van der Waals surface area contributed by atoms with Gasteiger partial charge in [0.1, 0.15) is 0 Å². The molecule has 3 N–H and O–H groups in total. The predicted molar refractivity (Wildman–Crippen MR) is 94.6 cm³/mol. The molecule has 6 nitrogen and oxygen atoms in total. The molecular weight excluding hydrogens is 304 g/mol. The zero-order valence-corrected chi connectivity index (χ0v) is 14.6. The summed E-state index contributed by atoms with van der Waals surface area (Å²) in [6.07, 6.45) is 2.18. The van der Waals surface area contributed by atoms with E-state index in [-0.39, 0.29) is 12.1 Å². The standard InChI is InChI=1S/C18H28N4O2/c1-14(2)11-19-17(23)20-12-15-6-5-7-16(10-15)13-21-18(24)22-8-3-4-9-22/h5-7,10,14H,3-4,8-9,11-13H2,1-2H3,(H,21,24)(H2,19,20,23). The van der Waals surface area contributed by atoms with Gasteiger partial charge in [0.05, 0.1) is 0 Å². The lowest BCUT2D eigenvalue weighted by atomic mass is 10.1. The lowest BCUT2D eigenvalue weighted by Crippen LogP contribution is -2.37. The third-order valence-electron chi connectivity index (χ3n) is 3.95. The summed E-state index contributed by atoms with van der Waals surface area (Å²) in [5, 5.41) is 8.62. The van der Waals surface area contributed by atoms with Crippen LogP contribution in [0.2, 0.25) is 0 Å². The normalized spacial score (nSPS) is 13.9. The Balaban J connectivity index is 1.76. The van der Waals surface area contributed by atoms with Crippen molar-refractivity contribution >= 4 is 12.1 Å². The van der Waals surface area contributed by atoms with Crippen molar-refractivity contribution in [1.29, 1.82) is 0 Å². The highest BCUT2D eigenvalue weighted by molar-refractivity contribution is 5.74. The molecule has 0 atom stereocenters. The van der Waals surface area contributed by atoms with Crippen molar-refractivity contribution in [2.24, 2.45) is 5.92 Å². The van der Waals surface area contributed by atoms with E-state index >= 15 is 0 Å². The summed E-state index contributed by atoms with van der Waals surface area (Å²) in [5.41, 5.74) is 2.05. The number of benzene rings is 1. The largest absolute Gasteiger partial charge is 0.338 e. The summed E-state index contributed by atoms with van der Waals surface area (Å²) in [6.45, 7) is 7.44. The van der Waals surface area contributed by atoms with Crippen LogP contribution in [0.3, 0.4) is 0 Å². The van der Waals surface area contributed by atoms with Gasteiger partial charge in [-0.2, -0.15) is 0 Å². The molecule has 132 valence electrons. The Bertz CT molecular complexity index is 554. The van der Waals surface area contributed by atoms with Crippen LogP contribution in [0.4, 0.5) is 9.59 Å². The smallest absolute Gasteiger partial charge is 0.317 e. The van der Waals surface area contributed by atoms with Crippen molar-refractivity contribution in [3.05, 3.63) is 35.4 Å². The fraction of sp³-hybridized carbons (Fsp3) is 0.556. The molecule has 24 heavy (non-hydrogen) atoms. The maximum atomic E-state index is 12.0. The minimum Gasteiger partial charge on any atom is -0.338 e. The first kappa shape index (κ1) is 18.1. The maximum Gasteiger partial charge on any atom is 0.317 e. The second-order valence-electron chi connectivity index (χ2n) is 6.63. The van der Waals surface area contributed by atoms with Crippen molar-refractivity contribution in [3.8, 4) is 0 Å². The highest BCUT2D eigenvalue weighted by atomic mass is 16.2. The molecule has 0 spiro atoms. The van der Waals surface area contributed by atoms with E-state index in [1.165, 1.54) is 0 Å². The van der Waals surface area contributed by atoms with E-state index in [9.17, 15) is 9.59 Å². The number of hydrogen-bond donors (Lipinski definition) is 3. The summed E-state index contributed by atoms with van der Waals surface area (Å²) in [6, 6.07) is 7.75. The van der Waals surface area contributed by atoms with E-state index in [1.54, 1.807) is 0 Å². The third-order valence-corrected chi connectivity index (χ3v) is 3.95. The Labute approximate surface area is 144 Å². The highest BCUT2D eigenvalue weighted by Crippen LogP contribution is 2.08. The zero-order chi connectivity index (χ0) is 17.4. The van der Waals surface area contributed by atoms with Crippen molar-refractivity contribution in [2.45, 2.75) is 39.8 Å². The van der Waals surface area contributed by atoms with E-state index < -0.39 is 0 Å². The van der Waals surface area contributed by atoms with Gasteiger partial charge in [0.2, 0.25) is 0 Å². The number of likely N-dealkylation sites (tertiary alicyclic amines) is 1. The van der Waals surface area contributed by atoms with Gasteiger partial charge >= 0.3 is 12.1 Å². The number of nitrogens with one attached hydrogen (secondary N) is 3. The molecule has 0 saturated carbocycles. The number of rotatable bonds is 6. The molecule has 1 heterocycles. The Kier molecular flexibility index (Phi) is 6.90. The highest BCUT2D eigenvalue weighted by Gasteiger charge is 2.17. The summed E-state index contributed by atoms with van der Waals surface area (Å²) in [5.74, 6) is 0.429. The molecule has 6 heteroatoms. The molecule has 1 aliphatic heterocycles. The van der Waals surface area contributed by atoms with E-state index in [0.29, 0.717) is 25.6 Å². The number of carbonyl (C=O) groups excluding carboxylic acids is 2. The number of nitrogens with zero attached hydrogens (tertiary/aromatic N) is 1. The molecule has 1 aliphatic rings. The van der Waals surface area contributed by atoms with Gasteiger partial charge in [-0.05, 0) is 29.9 Å². The zero-order valence-electron chi connectivity index (χ0n) is 14.6. The van der Waals surface area contributed by atoms with Gasteiger partial charge in [-0.3, -0.25) is 0 Å². The van der Waals surface area contributed by atoms with Crippen LogP contribution in [0.15, 0.2) is 24.3 Å². The maximum absolute atomic E-state index is 12.0. The van der Waals surface area contributed by atoms with Gasteiger partial charge < -0.3 is 20.9 Å². The molecule has 0 aromatic heterocycles. The number of amides is 4. The SMILES string of the molecule is CC(C)CNC(=O)NCc1cccc(CNC(=O)N2CCCC2)c1. The van der Waals surface area contributed by atoms with Gasteiger partial charge in [-0.15, -0.1) is 0 Å². The van der Waals surface area contributed by atoms with Crippen LogP contribution in [-0.2, 0) is 13.1 Å². The Morgan fingerprint density at radius 2 is 1.67 bits per heavy atom. The summed E-state index contributed by atoms with van der Waals surface area (Å²) in [7, 11) is 0. The van der Waals surface area contributed by atoms with Gasteiger partial charge in [-0.25, -0.2) is 9.59 Å². The predicted octanol–water partition coefficient (Wildman–Crippen LogP) is 2.45. The van der Waals surface area contributed by atoms with Gasteiger partial charge in [0.15, 0.2) is 0 Å². The summed E-state index contributed by atoms with van der Waals surface area (Å²) < 4.78 is 0. The van der Waals surface area contributed by atoms with Crippen molar-refractivity contribution in [1.82, 2.24) is 20.9 Å².